The first-order chi connectivity index (χ1) is 25.4. The van der Waals surface area contributed by atoms with Crippen LogP contribution in [0.25, 0.3) is 90.9 Å². The number of nitrogens with zero attached hydrogens (tertiary/aromatic N) is 2. The van der Waals surface area contributed by atoms with E-state index >= 15 is 0 Å². The number of H-pyrrole nitrogens is 2. The van der Waals surface area contributed by atoms with Crippen molar-refractivity contribution in [1.82, 2.24) is 19.9 Å². The molecule has 8 bridgehead atoms. The lowest BCUT2D eigenvalue weighted by molar-refractivity contribution is 0.475. The molecule has 5 N–H and O–H groups in total. The van der Waals surface area contributed by atoms with Crippen LogP contribution in [-0.4, -0.2) is 35.3 Å². The standard InChI is InChI=1S/C44H29BrN4O3/c45-29-9-1-25(2-10-29)41-33-17-19-35(46-33)42(26-3-11-30(50)12-4-26)37-21-23-39(48-37)44(28-7-15-32(52)16-8-28)40-24-22-38(49-40)43(36-20-18-34(41)47-36)27-5-13-31(51)14-6-27/h1-24,46,49-52H. The van der Waals surface area contributed by atoms with Gasteiger partial charge in [-0.2, -0.15) is 0 Å². The summed E-state index contributed by atoms with van der Waals surface area (Å²) in [6.07, 6.45) is 8.09. The molecule has 8 heteroatoms. The molecule has 7 aromatic rings. The van der Waals surface area contributed by atoms with Gasteiger partial charge in [0.2, 0.25) is 0 Å². The van der Waals surface area contributed by atoms with E-state index in [1.807, 2.05) is 85.0 Å². The number of phenolic OH excluding ortho intramolecular Hbond substituents is 3. The van der Waals surface area contributed by atoms with Crippen LogP contribution in [-0.2, 0) is 0 Å². The molecule has 0 radical (unpaired) electrons. The molecule has 0 spiro atoms. The number of hydrogen-bond acceptors (Lipinski definition) is 5. The summed E-state index contributed by atoms with van der Waals surface area (Å²) in [6.45, 7) is 0. The predicted molar refractivity (Wildman–Crippen MR) is 213 cm³/mol. The van der Waals surface area contributed by atoms with Crippen LogP contribution in [0.5, 0.6) is 17.2 Å². The van der Waals surface area contributed by atoms with Crippen LogP contribution in [0.15, 0.2) is 126 Å². The molecule has 2 aliphatic heterocycles. The van der Waals surface area contributed by atoms with Crippen molar-refractivity contribution < 1.29 is 15.3 Å². The zero-order valence-electron chi connectivity index (χ0n) is 27.5. The van der Waals surface area contributed by atoms with Crippen molar-refractivity contribution in [2.75, 3.05) is 0 Å². The van der Waals surface area contributed by atoms with Crippen molar-refractivity contribution in [1.29, 1.82) is 0 Å². The number of fused-ring (bicyclic) bond motifs is 8. The number of phenols is 3. The highest BCUT2D eigenvalue weighted by Crippen LogP contribution is 2.39. The molecular weight excluding hydrogens is 712 g/mol. The van der Waals surface area contributed by atoms with Crippen LogP contribution >= 0.6 is 15.9 Å². The minimum atomic E-state index is 0.173. The lowest BCUT2D eigenvalue weighted by Crippen LogP contribution is -1.89. The number of halogens is 1. The SMILES string of the molecule is Oc1ccc(-c2c3nc(c(-c4ccc(O)cc4)c4ccc([nH]4)c(-c4ccc(Br)cc4)c4nc(c(-c5ccc(O)cc5)c5ccc2[nH]5)C=C4)C=C3)cc1. The number of benzene rings is 4. The molecule has 2 aliphatic rings. The van der Waals surface area contributed by atoms with Crippen LogP contribution in [0.4, 0.5) is 0 Å². The van der Waals surface area contributed by atoms with Crippen molar-refractivity contribution in [2.24, 2.45) is 0 Å². The second-order valence-corrected chi connectivity index (χ2v) is 13.6. The van der Waals surface area contributed by atoms with E-state index in [1.165, 1.54) is 0 Å². The zero-order chi connectivity index (χ0) is 35.3. The van der Waals surface area contributed by atoms with E-state index in [1.54, 1.807) is 36.4 Å². The van der Waals surface area contributed by atoms with Gasteiger partial charge in [0.15, 0.2) is 0 Å². The third-order valence-corrected chi connectivity index (χ3v) is 9.88. The van der Waals surface area contributed by atoms with Crippen LogP contribution in [0.2, 0.25) is 0 Å². The van der Waals surface area contributed by atoms with Gasteiger partial charge in [-0.05, 0) is 119 Å². The van der Waals surface area contributed by atoms with Crippen molar-refractivity contribution in [3.8, 4) is 61.8 Å². The second-order valence-electron chi connectivity index (χ2n) is 12.7. The van der Waals surface area contributed by atoms with E-state index in [-0.39, 0.29) is 17.2 Å². The van der Waals surface area contributed by atoms with Gasteiger partial charge in [0.1, 0.15) is 17.2 Å². The third-order valence-electron chi connectivity index (χ3n) is 9.35. The minimum absolute atomic E-state index is 0.173. The van der Waals surface area contributed by atoms with E-state index < -0.39 is 0 Å². The molecule has 0 fully saturated rings. The largest absolute Gasteiger partial charge is 0.508 e. The van der Waals surface area contributed by atoms with Gasteiger partial charge in [-0.1, -0.05) is 64.5 Å². The Morgan fingerprint density at radius 2 is 0.596 bits per heavy atom. The van der Waals surface area contributed by atoms with E-state index in [2.05, 4.69) is 50.2 Å². The van der Waals surface area contributed by atoms with Crippen LogP contribution in [0.1, 0.15) is 22.8 Å². The summed E-state index contributed by atoms with van der Waals surface area (Å²) < 4.78 is 0.975. The average Bonchev–Trinajstić information content (AvgIpc) is 3.99. The Hall–Kier alpha value is -6.64. The summed E-state index contributed by atoms with van der Waals surface area (Å²) in [5.74, 6) is 0.532. The topological polar surface area (TPSA) is 118 Å². The predicted octanol–water partition coefficient (Wildman–Crippen LogP) is 11.2. The number of aromatic hydroxyl groups is 3. The molecule has 0 aliphatic carbocycles. The summed E-state index contributed by atoms with van der Waals surface area (Å²) in [7, 11) is 0. The summed E-state index contributed by atoms with van der Waals surface area (Å²) in [4.78, 5) is 17.9. The lowest BCUT2D eigenvalue weighted by Gasteiger charge is -2.07. The van der Waals surface area contributed by atoms with E-state index in [0.717, 1.165) is 93.8 Å². The smallest absolute Gasteiger partial charge is 0.115 e. The fourth-order valence-electron chi connectivity index (χ4n) is 6.92. The first-order valence-corrected chi connectivity index (χ1v) is 17.5. The third kappa shape index (κ3) is 5.65. The van der Waals surface area contributed by atoms with E-state index in [4.69, 9.17) is 9.97 Å². The molecule has 250 valence electrons. The average molecular weight is 742 g/mol. The van der Waals surface area contributed by atoms with Crippen molar-refractivity contribution >= 4 is 62.3 Å². The molecule has 9 rings (SSSR count). The van der Waals surface area contributed by atoms with Crippen LogP contribution < -0.4 is 0 Å². The summed E-state index contributed by atoms with van der Waals surface area (Å²) in [5.41, 5.74) is 13.6. The van der Waals surface area contributed by atoms with Crippen LogP contribution in [0.3, 0.4) is 0 Å². The fourth-order valence-corrected chi connectivity index (χ4v) is 7.19. The van der Waals surface area contributed by atoms with Gasteiger partial charge in [0.05, 0.1) is 22.8 Å². The van der Waals surface area contributed by atoms with E-state index in [9.17, 15) is 15.3 Å². The highest BCUT2D eigenvalue weighted by atomic mass is 79.9. The summed E-state index contributed by atoms with van der Waals surface area (Å²) in [5, 5.41) is 30.5. The van der Waals surface area contributed by atoms with Gasteiger partial charge < -0.3 is 25.3 Å². The highest BCUT2D eigenvalue weighted by molar-refractivity contribution is 9.10. The van der Waals surface area contributed by atoms with E-state index in [0.29, 0.717) is 0 Å². The quantitative estimate of drug-likeness (QED) is 0.123. The summed E-state index contributed by atoms with van der Waals surface area (Å²) >= 11 is 3.59. The molecule has 0 amide bonds. The zero-order valence-corrected chi connectivity index (χ0v) is 29.1. The Morgan fingerprint density at radius 1 is 0.346 bits per heavy atom. The number of aromatic nitrogens is 4. The van der Waals surface area contributed by atoms with Crippen molar-refractivity contribution in [3.05, 3.63) is 149 Å². The molecular formula is C44H29BrN4O3. The molecule has 0 saturated heterocycles. The number of nitrogens with one attached hydrogen (secondary N) is 2. The Kier molecular flexibility index (Phi) is 7.60. The molecule has 7 nitrogen and oxygen atoms in total. The molecule has 0 atom stereocenters. The van der Waals surface area contributed by atoms with Gasteiger partial charge in [0, 0.05) is 48.8 Å². The maximum atomic E-state index is 10.2. The number of aromatic amines is 2. The number of hydrogen-bond donors (Lipinski definition) is 5. The first kappa shape index (κ1) is 31.3. The monoisotopic (exact) mass is 740 g/mol. The van der Waals surface area contributed by atoms with Crippen molar-refractivity contribution in [2.45, 2.75) is 0 Å². The van der Waals surface area contributed by atoms with Gasteiger partial charge >= 0.3 is 0 Å². The Balaban J connectivity index is 1.47. The Labute approximate surface area is 306 Å². The molecule has 52 heavy (non-hydrogen) atoms. The maximum absolute atomic E-state index is 10.2. The van der Waals surface area contributed by atoms with Gasteiger partial charge in [0.25, 0.3) is 0 Å². The van der Waals surface area contributed by atoms with Gasteiger partial charge in [-0.3, -0.25) is 0 Å². The molecule has 4 aromatic carbocycles. The number of rotatable bonds is 4. The second kappa shape index (κ2) is 12.6. The first-order valence-electron chi connectivity index (χ1n) is 16.7. The minimum Gasteiger partial charge on any atom is -0.508 e. The Bertz CT molecular complexity index is 2370. The molecule has 3 aromatic heterocycles. The molecule has 0 saturated carbocycles. The highest BCUT2D eigenvalue weighted by Gasteiger charge is 2.19. The lowest BCUT2D eigenvalue weighted by atomic mass is 10.0. The maximum Gasteiger partial charge on any atom is 0.115 e. The van der Waals surface area contributed by atoms with Gasteiger partial charge in [-0.25, -0.2) is 9.97 Å². The Morgan fingerprint density at radius 3 is 0.865 bits per heavy atom. The molecule has 5 heterocycles. The normalized spacial score (nSPS) is 12.0. The molecule has 0 unspecified atom stereocenters. The van der Waals surface area contributed by atoms with Crippen molar-refractivity contribution in [3.63, 3.8) is 0 Å². The van der Waals surface area contributed by atoms with Crippen LogP contribution in [0, 0.1) is 0 Å². The summed E-state index contributed by atoms with van der Waals surface area (Å²) in [6, 6.07) is 37.8. The fraction of sp³-hybridized carbons (Fsp3) is 0. The van der Waals surface area contributed by atoms with Gasteiger partial charge in [-0.15, -0.1) is 0 Å².